The average molecular weight is 403 g/mol. The molecule has 1 amide bonds. The van der Waals surface area contributed by atoms with E-state index >= 15 is 0 Å². The van der Waals surface area contributed by atoms with Crippen molar-refractivity contribution in [2.45, 2.75) is 30.6 Å². The highest BCUT2D eigenvalue weighted by molar-refractivity contribution is 7.99. The van der Waals surface area contributed by atoms with Crippen LogP contribution in [0.15, 0.2) is 28.2 Å². The number of rotatable bonds is 6. The van der Waals surface area contributed by atoms with Crippen molar-refractivity contribution in [2.75, 3.05) is 17.7 Å². The van der Waals surface area contributed by atoms with Crippen LogP contribution in [0, 0.1) is 0 Å². The van der Waals surface area contributed by atoms with Crippen LogP contribution in [0.2, 0.25) is 10.0 Å². The number of carbonyl (C=O) groups excluding carboxylic acids is 1. The summed E-state index contributed by atoms with van der Waals surface area (Å²) in [6.45, 7) is 1.14. The van der Waals surface area contributed by atoms with Crippen LogP contribution in [0.3, 0.4) is 0 Å². The van der Waals surface area contributed by atoms with E-state index in [4.69, 9.17) is 27.9 Å². The van der Waals surface area contributed by atoms with Gasteiger partial charge in [0.1, 0.15) is 0 Å². The Balaban J connectivity index is 1.60. The second-order valence-corrected chi connectivity index (χ2v) is 7.22. The fraction of sp³-hybridized carbons (Fsp3) is 0.400. The summed E-state index contributed by atoms with van der Waals surface area (Å²) in [4.78, 5) is 24.0. The lowest BCUT2D eigenvalue weighted by molar-refractivity contribution is -0.113. The molecule has 1 aliphatic rings. The number of hydrogen-bond acceptors (Lipinski definition) is 5. The molecular weight excluding hydrogens is 387 g/mol. The zero-order valence-electron chi connectivity index (χ0n) is 13.1. The predicted octanol–water partition coefficient (Wildman–Crippen LogP) is 2.79. The molecule has 1 aliphatic heterocycles. The smallest absolute Gasteiger partial charge is 0.344 e. The van der Waals surface area contributed by atoms with E-state index in [2.05, 4.69) is 15.5 Å². The van der Waals surface area contributed by atoms with Crippen LogP contribution >= 0.6 is 35.0 Å². The van der Waals surface area contributed by atoms with Gasteiger partial charge in [-0.25, -0.2) is 9.89 Å². The van der Waals surface area contributed by atoms with E-state index in [-0.39, 0.29) is 28.5 Å². The lowest BCUT2D eigenvalue weighted by Gasteiger charge is -2.11. The number of benzene rings is 1. The van der Waals surface area contributed by atoms with Crippen LogP contribution in [0.1, 0.15) is 12.8 Å². The van der Waals surface area contributed by atoms with Gasteiger partial charge in [0.25, 0.3) is 0 Å². The molecule has 134 valence electrons. The van der Waals surface area contributed by atoms with Gasteiger partial charge < -0.3 is 10.1 Å². The van der Waals surface area contributed by atoms with Crippen molar-refractivity contribution >= 4 is 46.6 Å². The lowest BCUT2D eigenvalue weighted by Crippen LogP contribution is -2.25. The molecule has 10 heteroatoms. The Bertz CT molecular complexity index is 817. The molecule has 0 aliphatic carbocycles. The first-order chi connectivity index (χ1) is 12.0. The number of nitrogens with one attached hydrogen (secondary N) is 2. The van der Waals surface area contributed by atoms with Gasteiger partial charge in [-0.2, -0.15) is 0 Å². The van der Waals surface area contributed by atoms with E-state index in [1.165, 1.54) is 16.3 Å². The van der Waals surface area contributed by atoms with Crippen molar-refractivity contribution in [3.8, 4) is 0 Å². The number of halogens is 2. The highest BCUT2D eigenvalue weighted by atomic mass is 35.5. The first kappa shape index (κ1) is 18.3. The second kappa shape index (κ2) is 8.27. The SMILES string of the molecule is O=C(CSc1n[nH]c(=O)n1CC1CCCO1)Nc1cccc(Cl)c1Cl. The third kappa shape index (κ3) is 4.58. The van der Waals surface area contributed by atoms with Gasteiger partial charge in [0.2, 0.25) is 5.91 Å². The van der Waals surface area contributed by atoms with E-state index in [1.807, 2.05) is 0 Å². The number of aromatic nitrogens is 3. The van der Waals surface area contributed by atoms with E-state index in [0.717, 1.165) is 12.8 Å². The van der Waals surface area contributed by atoms with Crippen molar-refractivity contribution in [3.05, 3.63) is 38.7 Å². The Kier molecular flexibility index (Phi) is 6.06. The Morgan fingerprint density at radius 1 is 1.48 bits per heavy atom. The Morgan fingerprint density at radius 3 is 3.08 bits per heavy atom. The summed E-state index contributed by atoms with van der Waals surface area (Å²) < 4.78 is 7.05. The molecule has 0 saturated carbocycles. The topological polar surface area (TPSA) is 89.0 Å². The first-order valence-electron chi connectivity index (χ1n) is 7.68. The maximum Gasteiger partial charge on any atom is 0.344 e. The molecule has 2 N–H and O–H groups in total. The van der Waals surface area contributed by atoms with E-state index < -0.39 is 0 Å². The summed E-state index contributed by atoms with van der Waals surface area (Å²) in [6, 6.07) is 5.00. The van der Waals surface area contributed by atoms with Gasteiger partial charge in [-0.3, -0.25) is 9.36 Å². The van der Waals surface area contributed by atoms with Crippen LogP contribution in [0.5, 0.6) is 0 Å². The summed E-state index contributed by atoms with van der Waals surface area (Å²) in [5, 5.41) is 10.2. The van der Waals surface area contributed by atoms with Crippen molar-refractivity contribution < 1.29 is 9.53 Å². The summed E-state index contributed by atoms with van der Waals surface area (Å²) in [5.41, 5.74) is 0.134. The molecule has 1 fully saturated rings. The van der Waals surface area contributed by atoms with Gasteiger partial charge in [-0.05, 0) is 25.0 Å². The number of H-pyrrole nitrogens is 1. The molecule has 3 rings (SSSR count). The first-order valence-corrected chi connectivity index (χ1v) is 9.42. The van der Waals surface area contributed by atoms with Gasteiger partial charge in [0.15, 0.2) is 5.16 Å². The maximum atomic E-state index is 12.1. The highest BCUT2D eigenvalue weighted by Gasteiger charge is 2.20. The fourth-order valence-corrected chi connectivity index (χ4v) is 3.59. The molecule has 1 atom stereocenters. The number of anilines is 1. The van der Waals surface area contributed by atoms with Crippen LogP contribution < -0.4 is 11.0 Å². The molecule has 1 unspecified atom stereocenters. The zero-order chi connectivity index (χ0) is 17.8. The molecule has 2 aromatic rings. The normalized spacial score (nSPS) is 17.0. The molecule has 0 spiro atoms. The molecule has 0 bridgehead atoms. The van der Waals surface area contributed by atoms with Gasteiger partial charge in [0.05, 0.1) is 34.1 Å². The van der Waals surface area contributed by atoms with E-state index in [0.29, 0.717) is 29.0 Å². The molecule has 2 heterocycles. The molecular formula is C15H16Cl2N4O3S. The summed E-state index contributed by atoms with van der Waals surface area (Å²) in [5.74, 6) is -0.188. The minimum atomic E-state index is -0.309. The predicted molar refractivity (Wildman–Crippen MR) is 97.6 cm³/mol. The largest absolute Gasteiger partial charge is 0.376 e. The average Bonchev–Trinajstić information content (AvgIpc) is 3.22. The molecule has 0 radical (unpaired) electrons. The summed E-state index contributed by atoms with van der Waals surface area (Å²) >= 11 is 13.1. The minimum absolute atomic E-state index is 0.00810. The number of ether oxygens (including phenoxy) is 1. The van der Waals surface area contributed by atoms with Crippen LogP contribution in [-0.4, -0.2) is 39.1 Å². The van der Waals surface area contributed by atoms with Crippen molar-refractivity contribution in [2.24, 2.45) is 0 Å². The summed E-state index contributed by atoms with van der Waals surface area (Å²) in [7, 11) is 0. The monoisotopic (exact) mass is 402 g/mol. The Hall–Kier alpha value is -1.48. The zero-order valence-corrected chi connectivity index (χ0v) is 15.5. The van der Waals surface area contributed by atoms with Crippen LogP contribution in [0.25, 0.3) is 0 Å². The molecule has 1 saturated heterocycles. The molecule has 1 aromatic carbocycles. The number of aromatic amines is 1. The molecule has 1 aromatic heterocycles. The third-order valence-electron chi connectivity index (χ3n) is 3.69. The van der Waals surface area contributed by atoms with Crippen LogP contribution in [0.4, 0.5) is 5.69 Å². The lowest BCUT2D eigenvalue weighted by atomic mass is 10.2. The molecule has 7 nitrogen and oxygen atoms in total. The standard InChI is InChI=1S/C15H16Cl2N4O3S/c16-10-4-1-5-11(13(10)17)18-12(22)8-25-15-20-19-14(23)21(15)7-9-3-2-6-24-9/h1,4-5,9H,2-3,6-8H2,(H,18,22)(H,19,23). The van der Waals surface area contributed by atoms with Gasteiger partial charge in [-0.15, -0.1) is 5.10 Å². The second-order valence-electron chi connectivity index (χ2n) is 5.50. The van der Waals surface area contributed by atoms with Gasteiger partial charge in [-0.1, -0.05) is 41.0 Å². The molecule has 25 heavy (non-hydrogen) atoms. The van der Waals surface area contributed by atoms with Crippen molar-refractivity contribution in [1.29, 1.82) is 0 Å². The van der Waals surface area contributed by atoms with Crippen molar-refractivity contribution in [3.63, 3.8) is 0 Å². The number of carbonyl (C=O) groups is 1. The fourth-order valence-electron chi connectivity index (χ4n) is 2.48. The van der Waals surface area contributed by atoms with E-state index in [9.17, 15) is 9.59 Å². The summed E-state index contributed by atoms with van der Waals surface area (Å²) in [6.07, 6.45) is 1.91. The van der Waals surface area contributed by atoms with Crippen molar-refractivity contribution in [1.82, 2.24) is 14.8 Å². The Labute approximate surface area is 158 Å². The third-order valence-corrected chi connectivity index (χ3v) is 5.49. The number of hydrogen-bond donors (Lipinski definition) is 2. The quantitative estimate of drug-likeness (QED) is 0.725. The highest BCUT2D eigenvalue weighted by Crippen LogP contribution is 2.29. The van der Waals surface area contributed by atoms with Gasteiger partial charge >= 0.3 is 5.69 Å². The number of amides is 1. The van der Waals surface area contributed by atoms with E-state index in [1.54, 1.807) is 18.2 Å². The van der Waals surface area contributed by atoms with Gasteiger partial charge in [0, 0.05) is 6.61 Å². The Morgan fingerprint density at radius 2 is 2.32 bits per heavy atom. The number of nitrogens with zero attached hydrogens (tertiary/aromatic N) is 2. The van der Waals surface area contributed by atoms with Crippen LogP contribution in [-0.2, 0) is 16.1 Å². The minimum Gasteiger partial charge on any atom is -0.376 e. The number of thioether (sulfide) groups is 1. The maximum absolute atomic E-state index is 12.1.